The summed E-state index contributed by atoms with van der Waals surface area (Å²) in [6.45, 7) is 1.05. The molecule has 0 unspecified atom stereocenters. The normalized spacial score (nSPS) is 10.4. The molecule has 0 heterocycles. The van der Waals surface area contributed by atoms with E-state index in [1.807, 2.05) is 19.1 Å². The van der Waals surface area contributed by atoms with Crippen LogP contribution >= 0.6 is 0 Å². The van der Waals surface area contributed by atoms with E-state index in [-0.39, 0.29) is 5.56 Å². The van der Waals surface area contributed by atoms with Gasteiger partial charge in [0.2, 0.25) is 0 Å². The molecule has 0 aliphatic rings. The largest absolute Gasteiger partial charge is 0.491 e. The van der Waals surface area contributed by atoms with Gasteiger partial charge in [0.15, 0.2) is 0 Å². The molecule has 0 spiro atoms. The van der Waals surface area contributed by atoms with Crippen LogP contribution in [-0.2, 0) is 0 Å². The summed E-state index contributed by atoms with van der Waals surface area (Å²) in [5.41, 5.74) is 3.21. The number of nitrogens with zero attached hydrogens (tertiary/aromatic N) is 1. The van der Waals surface area contributed by atoms with Crippen molar-refractivity contribution in [1.82, 2.24) is 10.4 Å². The molecule has 5 nitrogen and oxygen atoms in total. The molecule has 0 aliphatic carbocycles. The van der Waals surface area contributed by atoms with E-state index in [1.165, 1.54) is 6.07 Å². The maximum Gasteiger partial charge on any atom is 0.339 e. The number of aromatic carboxylic acids is 1. The smallest absolute Gasteiger partial charge is 0.339 e. The first-order chi connectivity index (χ1) is 7.61. The molecule has 0 saturated heterocycles. The van der Waals surface area contributed by atoms with Crippen molar-refractivity contribution in [3.8, 4) is 5.75 Å². The van der Waals surface area contributed by atoms with Gasteiger partial charge in [0.1, 0.15) is 17.9 Å². The van der Waals surface area contributed by atoms with Crippen LogP contribution < -0.4 is 10.2 Å². The third kappa shape index (κ3) is 3.88. The van der Waals surface area contributed by atoms with E-state index >= 15 is 0 Å². The first-order valence-electron chi connectivity index (χ1n) is 4.97. The Hall–Kier alpha value is -1.59. The summed E-state index contributed by atoms with van der Waals surface area (Å²) in [5, 5.41) is 10.7. The maximum absolute atomic E-state index is 10.9. The summed E-state index contributed by atoms with van der Waals surface area (Å²) in [7, 11) is 3.76. The lowest BCUT2D eigenvalue weighted by Gasteiger charge is -2.13. The zero-order chi connectivity index (χ0) is 12.0. The quantitative estimate of drug-likeness (QED) is 0.553. The number of carboxylic acid groups (broad SMARTS) is 1. The third-order valence-electron chi connectivity index (χ3n) is 1.91. The molecule has 0 aliphatic heterocycles. The highest BCUT2D eigenvalue weighted by Gasteiger charge is 2.09. The highest BCUT2D eigenvalue weighted by Crippen LogP contribution is 2.17. The Bertz CT molecular complexity index is 353. The molecular weight excluding hydrogens is 208 g/mol. The van der Waals surface area contributed by atoms with Gasteiger partial charge in [-0.1, -0.05) is 12.1 Å². The second-order valence-corrected chi connectivity index (χ2v) is 3.45. The van der Waals surface area contributed by atoms with Gasteiger partial charge in [-0.15, -0.1) is 0 Å². The molecule has 0 fully saturated rings. The SMILES string of the molecule is CN(C)NCCOc1ccccc1C(=O)O. The van der Waals surface area contributed by atoms with Crippen LogP contribution in [0.15, 0.2) is 24.3 Å². The number of hydrogen-bond acceptors (Lipinski definition) is 4. The Morgan fingerprint density at radius 3 is 2.75 bits per heavy atom. The minimum absolute atomic E-state index is 0.187. The number of para-hydroxylation sites is 1. The van der Waals surface area contributed by atoms with Crippen molar-refractivity contribution in [2.45, 2.75) is 0 Å². The molecular formula is C11H16N2O3. The molecule has 0 atom stereocenters. The van der Waals surface area contributed by atoms with Gasteiger partial charge >= 0.3 is 5.97 Å². The van der Waals surface area contributed by atoms with Crippen LogP contribution in [0.2, 0.25) is 0 Å². The van der Waals surface area contributed by atoms with Crippen LogP contribution in [0.25, 0.3) is 0 Å². The fourth-order valence-electron chi connectivity index (χ4n) is 1.20. The molecule has 5 heteroatoms. The lowest BCUT2D eigenvalue weighted by atomic mass is 10.2. The molecule has 0 aromatic heterocycles. The maximum atomic E-state index is 10.9. The van der Waals surface area contributed by atoms with Gasteiger partial charge in [-0.05, 0) is 12.1 Å². The topological polar surface area (TPSA) is 61.8 Å². The number of benzene rings is 1. The van der Waals surface area contributed by atoms with E-state index in [2.05, 4.69) is 5.43 Å². The van der Waals surface area contributed by atoms with Crippen LogP contribution in [0.5, 0.6) is 5.75 Å². The van der Waals surface area contributed by atoms with Crippen LogP contribution in [-0.4, -0.2) is 43.3 Å². The van der Waals surface area contributed by atoms with Crippen molar-refractivity contribution in [2.75, 3.05) is 27.2 Å². The lowest BCUT2D eigenvalue weighted by Crippen LogP contribution is -2.33. The minimum atomic E-state index is -0.976. The first kappa shape index (κ1) is 12.5. The van der Waals surface area contributed by atoms with Gasteiger partial charge in [0, 0.05) is 20.6 Å². The van der Waals surface area contributed by atoms with E-state index in [0.29, 0.717) is 18.9 Å². The van der Waals surface area contributed by atoms with Crippen LogP contribution in [0, 0.1) is 0 Å². The number of hydrogen-bond donors (Lipinski definition) is 2. The lowest BCUT2D eigenvalue weighted by molar-refractivity contribution is 0.0692. The molecule has 1 rings (SSSR count). The van der Waals surface area contributed by atoms with E-state index in [1.54, 1.807) is 18.2 Å². The number of carboxylic acids is 1. The molecule has 0 radical (unpaired) electrons. The molecule has 1 aromatic carbocycles. The van der Waals surface area contributed by atoms with Crippen LogP contribution in [0.1, 0.15) is 10.4 Å². The highest BCUT2D eigenvalue weighted by molar-refractivity contribution is 5.90. The van der Waals surface area contributed by atoms with Gasteiger partial charge in [-0.3, -0.25) is 10.4 Å². The summed E-state index contributed by atoms with van der Waals surface area (Å²) < 4.78 is 5.38. The zero-order valence-electron chi connectivity index (χ0n) is 9.43. The number of rotatable bonds is 6. The van der Waals surface area contributed by atoms with Gasteiger partial charge in [0.05, 0.1) is 0 Å². The van der Waals surface area contributed by atoms with E-state index in [4.69, 9.17) is 9.84 Å². The Labute approximate surface area is 94.6 Å². The number of ether oxygens (including phenoxy) is 1. The molecule has 0 bridgehead atoms. The molecule has 0 saturated carbocycles. The predicted molar refractivity (Wildman–Crippen MR) is 60.6 cm³/mol. The number of carbonyl (C=O) groups is 1. The Morgan fingerprint density at radius 2 is 2.12 bits per heavy atom. The summed E-state index contributed by atoms with van der Waals surface area (Å²) in [4.78, 5) is 10.9. The Morgan fingerprint density at radius 1 is 1.44 bits per heavy atom. The Balaban J connectivity index is 2.50. The van der Waals surface area contributed by atoms with E-state index < -0.39 is 5.97 Å². The average molecular weight is 224 g/mol. The summed E-state index contributed by atoms with van der Waals surface area (Å²) in [5.74, 6) is -0.577. The van der Waals surface area contributed by atoms with Crippen molar-refractivity contribution in [2.24, 2.45) is 0 Å². The summed E-state index contributed by atoms with van der Waals surface area (Å²) in [6, 6.07) is 6.60. The van der Waals surface area contributed by atoms with Crippen molar-refractivity contribution in [3.05, 3.63) is 29.8 Å². The highest BCUT2D eigenvalue weighted by atomic mass is 16.5. The molecule has 1 aromatic rings. The standard InChI is InChI=1S/C11H16N2O3/c1-13(2)12-7-8-16-10-6-4-3-5-9(10)11(14)15/h3-6,12H,7-8H2,1-2H3,(H,14,15). The number of nitrogens with one attached hydrogen (secondary N) is 1. The number of hydrazine groups is 1. The fourth-order valence-corrected chi connectivity index (χ4v) is 1.20. The molecule has 88 valence electrons. The van der Waals surface area contributed by atoms with Gasteiger partial charge in [-0.2, -0.15) is 0 Å². The first-order valence-corrected chi connectivity index (χ1v) is 4.97. The minimum Gasteiger partial charge on any atom is -0.491 e. The van der Waals surface area contributed by atoms with Crippen LogP contribution in [0.3, 0.4) is 0 Å². The monoisotopic (exact) mass is 224 g/mol. The second-order valence-electron chi connectivity index (χ2n) is 3.45. The molecule has 16 heavy (non-hydrogen) atoms. The van der Waals surface area contributed by atoms with Crippen molar-refractivity contribution < 1.29 is 14.6 Å². The third-order valence-corrected chi connectivity index (χ3v) is 1.91. The van der Waals surface area contributed by atoms with Crippen molar-refractivity contribution >= 4 is 5.97 Å². The summed E-state index contributed by atoms with van der Waals surface area (Å²) in [6.07, 6.45) is 0. The van der Waals surface area contributed by atoms with Gasteiger partial charge in [-0.25, -0.2) is 4.79 Å². The second kappa shape index (κ2) is 6.09. The van der Waals surface area contributed by atoms with Gasteiger partial charge in [0.25, 0.3) is 0 Å². The summed E-state index contributed by atoms with van der Waals surface area (Å²) >= 11 is 0. The Kier molecular flexibility index (Phi) is 4.75. The van der Waals surface area contributed by atoms with E-state index in [0.717, 1.165) is 0 Å². The van der Waals surface area contributed by atoms with Gasteiger partial charge < -0.3 is 9.84 Å². The fraction of sp³-hybridized carbons (Fsp3) is 0.364. The van der Waals surface area contributed by atoms with E-state index in [9.17, 15) is 4.79 Å². The molecule has 2 N–H and O–H groups in total. The molecule has 0 amide bonds. The van der Waals surface area contributed by atoms with Crippen LogP contribution in [0.4, 0.5) is 0 Å². The zero-order valence-corrected chi connectivity index (χ0v) is 9.43. The predicted octanol–water partition coefficient (Wildman–Crippen LogP) is 0.830. The van der Waals surface area contributed by atoms with Crippen molar-refractivity contribution in [1.29, 1.82) is 0 Å². The van der Waals surface area contributed by atoms with Crippen molar-refractivity contribution in [3.63, 3.8) is 0 Å². The average Bonchev–Trinajstić information content (AvgIpc) is 2.24.